The van der Waals surface area contributed by atoms with Crippen LogP contribution in [0.3, 0.4) is 0 Å². The van der Waals surface area contributed by atoms with Crippen molar-refractivity contribution in [1.29, 1.82) is 0 Å². The molecule has 5 nitrogen and oxygen atoms in total. The predicted molar refractivity (Wildman–Crippen MR) is 134 cm³/mol. The van der Waals surface area contributed by atoms with Crippen LogP contribution in [0.15, 0.2) is 71.2 Å². The number of hydrogen-bond donors (Lipinski definition) is 0. The zero-order chi connectivity index (χ0) is 23.4. The number of ether oxygens (including phenoxy) is 3. The van der Waals surface area contributed by atoms with Crippen LogP contribution in [0.1, 0.15) is 35.5 Å². The average Bonchev–Trinajstić information content (AvgIpc) is 3.10. The lowest BCUT2D eigenvalue weighted by Crippen LogP contribution is -2.07. The van der Waals surface area contributed by atoms with E-state index in [1.165, 1.54) is 0 Å². The van der Waals surface area contributed by atoms with E-state index in [0.717, 1.165) is 38.1 Å². The normalized spacial score (nSPS) is 10.9. The van der Waals surface area contributed by atoms with E-state index in [2.05, 4.69) is 20.5 Å². The monoisotopic (exact) mass is 507 g/mol. The van der Waals surface area contributed by atoms with Crippen LogP contribution in [0.4, 0.5) is 0 Å². The fourth-order valence-corrected chi connectivity index (χ4v) is 4.15. The molecule has 170 valence electrons. The van der Waals surface area contributed by atoms with Gasteiger partial charge in [-0.1, -0.05) is 28.1 Å². The van der Waals surface area contributed by atoms with Crippen LogP contribution < -0.4 is 9.47 Å². The first kappa shape index (κ1) is 22.9. The molecule has 0 aliphatic carbocycles. The molecular weight excluding hydrogens is 482 g/mol. The van der Waals surface area contributed by atoms with Crippen molar-refractivity contribution < 1.29 is 19.0 Å². The minimum Gasteiger partial charge on any atom is -0.494 e. The number of aromatic nitrogens is 1. The van der Waals surface area contributed by atoms with Crippen LogP contribution in [0, 0.1) is 6.92 Å². The highest BCUT2D eigenvalue weighted by Gasteiger charge is 2.22. The zero-order valence-corrected chi connectivity index (χ0v) is 20.5. The Kier molecular flexibility index (Phi) is 7.04. The van der Waals surface area contributed by atoms with E-state index in [4.69, 9.17) is 14.2 Å². The summed E-state index contributed by atoms with van der Waals surface area (Å²) in [7, 11) is 0. The molecule has 1 heterocycles. The van der Waals surface area contributed by atoms with Gasteiger partial charge in [0, 0.05) is 21.2 Å². The van der Waals surface area contributed by atoms with Gasteiger partial charge < -0.3 is 18.8 Å². The second-order valence-corrected chi connectivity index (χ2v) is 8.45. The first-order chi connectivity index (χ1) is 16.0. The maximum absolute atomic E-state index is 12.9. The molecule has 1 aromatic heterocycles. The van der Waals surface area contributed by atoms with Crippen LogP contribution >= 0.6 is 15.9 Å². The Morgan fingerprint density at radius 1 is 0.879 bits per heavy atom. The van der Waals surface area contributed by atoms with Crippen molar-refractivity contribution >= 4 is 32.8 Å². The summed E-state index contributed by atoms with van der Waals surface area (Å²) in [6.07, 6.45) is 0. The molecule has 6 heteroatoms. The summed E-state index contributed by atoms with van der Waals surface area (Å²) >= 11 is 3.45. The van der Waals surface area contributed by atoms with E-state index in [0.29, 0.717) is 31.1 Å². The number of nitrogens with zero attached hydrogens (tertiary/aromatic N) is 1. The number of rotatable bonds is 8. The van der Waals surface area contributed by atoms with E-state index < -0.39 is 0 Å². The third kappa shape index (κ3) is 4.91. The van der Waals surface area contributed by atoms with E-state index >= 15 is 0 Å². The third-order valence-electron chi connectivity index (χ3n) is 5.38. The van der Waals surface area contributed by atoms with Crippen LogP contribution in [0.25, 0.3) is 16.6 Å². The Balaban J connectivity index is 1.74. The van der Waals surface area contributed by atoms with Gasteiger partial charge in [-0.2, -0.15) is 0 Å². The molecule has 33 heavy (non-hydrogen) atoms. The molecule has 0 aliphatic heterocycles. The highest BCUT2D eigenvalue weighted by molar-refractivity contribution is 9.10. The summed E-state index contributed by atoms with van der Waals surface area (Å²) in [5, 5.41) is 0.799. The van der Waals surface area contributed by atoms with E-state index in [1.54, 1.807) is 0 Å². The second kappa shape index (κ2) is 10.1. The molecule has 0 N–H and O–H groups in total. The molecule has 0 saturated heterocycles. The number of carbonyl (C=O) groups is 1. The van der Waals surface area contributed by atoms with Crippen molar-refractivity contribution in [2.24, 2.45) is 0 Å². The van der Waals surface area contributed by atoms with Crippen LogP contribution in [-0.4, -0.2) is 23.8 Å². The lowest BCUT2D eigenvalue weighted by atomic mass is 10.1. The van der Waals surface area contributed by atoms with Gasteiger partial charge in [0.25, 0.3) is 0 Å². The fourth-order valence-electron chi connectivity index (χ4n) is 3.89. The van der Waals surface area contributed by atoms with Gasteiger partial charge in [-0.05, 0) is 80.9 Å². The fraction of sp³-hybridized carbons (Fsp3) is 0.222. The molecule has 0 atom stereocenters. The topological polar surface area (TPSA) is 49.7 Å². The average molecular weight is 508 g/mol. The van der Waals surface area contributed by atoms with Gasteiger partial charge in [0.05, 0.1) is 24.3 Å². The maximum atomic E-state index is 12.9. The lowest BCUT2D eigenvalue weighted by molar-refractivity contribution is 0.0527. The van der Waals surface area contributed by atoms with Gasteiger partial charge in [-0.25, -0.2) is 4.79 Å². The minimum absolute atomic E-state index is 0.313. The van der Waals surface area contributed by atoms with Crippen molar-refractivity contribution in [3.8, 4) is 17.2 Å². The standard InChI is InChI=1S/C27H26BrNO4/c1-4-31-22-12-10-21(11-13-22)29-18(3)26(27(30)32-5-2)24-16-23(14-15-25(24)29)33-17-19-6-8-20(28)9-7-19/h6-16H,4-5,17H2,1-3H3. The summed E-state index contributed by atoms with van der Waals surface area (Å²) < 4.78 is 20.1. The van der Waals surface area contributed by atoms with Gasteiger partial charge in [0.1, 0.15) is 18.1 Å². The van der Waals surface area contributed by atoms with Gasteiger partial charge in [-0.3, -0.25) is 0 Å². The summed E-state index contributed by atoms with van der Waals surface area (Å²) in [6, 6.07) is 21.7. The first-order valence-electron chi connectivity index (χ1n) is 10.9. The maximum Gasteiger partial charge on any atom is 0.340 e. The molecule has 4 rings (SSSR count). The van der Waals surface area contributed by atoms with Gasteiger partial charge in [0.15, 0.2) is 0 Å². The molecule has 0 amide bonds. The molecule has 0 spiro atoms. The largest absolute Gasteiger partial charge is 0.494 e. The van der Waals surface area contributed by atoms with Crippen molar-refractivity contribution in [3.63, 3.8) is 0 Å². The molecule has 0 unspecified atom stereocenters. The van der Waals surface area contributed by atoms with E-state index in [9.17, 15) is 4.79 Å². The highest BCUT2D eigenvalue weighted by atomic mass is 79.9. The number of carbonyl (C=O) groups excluding carboxylic acids is 1. The van der Waals surface area contributed by atoms with Gasteiger partial charge in [-0.15, -0.1) is 0 Å². The van der Waals surface area contributed by atoms with Crippen molar-refractivity contribution in [2.75, 3.05) is 13.2 Å². The summed E-state index contributed by atoms with van der Waals surface area (Å²) in [6.45, 7) is 7.07. The second-order valence-electron chi connectivity index (χ2n) is 7.54. The number of esters is 1. The summed E-state index contributed by atoms with van der Waals surface area (Å²) in [5.41, 5.74) is 4.29. The zero-order valence-electron chi connectivity index (χ0n) is 18.9. The molecule has 0 saturated carbocycles. The first-order valence-corrected chi connectivity index (χ1v) is 11.7. The number of halogens is 1. The molecule has 0 radical (unpaired) electrons. The smallest absolute Gasteiger partial charge is 0.340 e. The molecule has 4 aromatic rings. The van der Waals surface area contributed by atoms with Crippen molar-refractivity contribution in [2.45, 2.75) is 27.4 Å². The number of benzene rings is 3. The van der Waals surface area contributed by atoms with Crippen LogP contribution in [-0.2, 0) is 11.3 Å². The molecular formula is C27H26BrNO4. The third-order valence-corrected chi connectivity index (χ3v) is 5.91. The Morgan fingerprint density at radius 3 is 2.24 bits per heavy atom. The quantitative estimate of drug-likeness (QED) is 0.244. The van der Waals surface area contributed by atoms with Crippen LogP contribution in [0.2, 0.25) is 0 Å². The van der Waals surface area contributed by atoms with Crippen molar-refractivity contribution in [1.82, 2.24) is 4.57 Å². The Hall–Kier alpha value is -3.25. The molecule has 0 bridgehead atoms. The highest BCUT2D eigenvalue weighted by Crippen LogP contribution is 2.33. The number of fused-ring (bicyclic) bond motifs is 1. The summed E-state index contributed by atoms with van der Waals surface area (Å²) in [4.78, 5) is 12.9. The van der Waals surface area contributed by atoms with Crippen LogP contribution in [0.5, 0.6) is 11.5 Å². The van der Waals surface area contributed by atoms with Gasteiger partial charge >= 0.3 is 5.97 Å². The number of hydrogen-bond acceptors (Lipinski definition) is 4. The van der Waals surface area contributed by atoms with E-state index in [1.807, 2.05) is 87.5 Å². The Morgan fingerprint density at radius 2 is 1.58 bits per heavy atom. The van der Waals surface area contributed by atoms with E-state index in [-0.39, 0.29) is 5.97 Å². The Labute approximate surface area is 202 Å². The SMILES string of the molecule is CCOC(=O)c1c(C)n(-c2ccc(OCC)cc2)c2ccc(OCc3ccc(Br)cc3)cc12. The molecule has 3 aromatic carbocycles. The lowest BCUT2D eigenvalue weighted by Gasteiger charge is -2.11. The molecule has 0 fully saturated rings. The molecule has 0 aliphatic rings. The van der Waals surface area contributed by atoms with Crippen molar-refractivity contribution in [3.05, 3.63) is 88.0 Å². The van der Waals surface area contributed by atoms with Gasteiger partial charge in [0.2, 0.25) is 0 Å². The summed E-state index contributed by atoms with van der Waals surface area (Å²) in [5.74, 6) is 1.17. The predicted octanol–water partition coefficient (Wildman–Crippen LogP) is 6.86. The Bertz CT molecular complexity index is 1260. The minimum atomic E-state index is -0.338.